The Labute approximate surface area is 106 Å². The summed E-state index contributed by atoms with van der Waals surface area (Å²) in [4.78, 5) is 22.7. The van der Waals surface area contributed by atoms with Crippen molar-refractivity contribution in [1.29, 1.82) is 0 Å². The number of rotatable bonds is 4. The molecule has 0 aromatic heterocycles. The van der Waals surface area contributed by atoms with E-state index in [2.05, 4.69) is 17.2 Å². The third kappa shape index (κ3) is 3.35. The van der Waals surface area contributed by atoms with Gasteiger partial charge in [-0.2, -0.15) is 0 Å². The van der Waals surface area contributed by atoms with Crippen molar-refractivity contribution in [3.63, 3.8) is 0 Å². The fourth-order valence-electron chi connectivity index (χ4n) is 1.62. The third-order valence-electron chi connectivity index (χ3n) is 2.36. The number of urea groups is 1. The molecule has 0 heterocycles. The van der Waals surface area contributed by atoms with Crippen LogP contribution in [0.25, 0.3) is 0 Å². The Morgan fingerprint density at radius 2 is 2.06 bits per heavy atom. The van der Waals surface area contributed by atoms with E-state index in [1.807, 2.05) is 6.07 Å². The molecule has 5 heteroatoms. The highest BCUT2D eigenvalue weighted by atomic mass is 16.4. The highest BCUT2D eigenvalue weighted by molar-refractivity contribution is 6.01. The van der Waals surface area contributed by atoms with Crippen molar-refractivity contribution in [3.8, 4) is 0 Å². The van der Waals surface area contributed by atoms with Gasteiger partial charge < -0.3 is 15.7 Å². The third-order valence-corrected chi connectivity index (χ3v) is 2.36. The van der Waals surface area contributed by atoms with Crippen LogP contribution >= 0.6 is 0 Å². The van der Waals surface area contributed by atoms with E-state index in [9.17, 15) is 9.59 Å². The summed E-state index contributed by atoms with van der Waals surface area (Å²) >= 11 is 0. The lowest BCUT2D eigenvalue weighted by Gasteiger charge is -2.13. The molecule has 0 atom stereocenters. The van der Waals surface area contributed by atoms with E-state index < -0.39 is 12.0 Å². The molecule has 18 heavy (non-hydrogen) atoms. The first-order chi connectivity index (χ1) is 8.45. The molecule has 5 nitrogen and oxygen atoms in total. The lowest BCUT2D eigenvalue weighted by atomic mass is 10.0. The summed E-state index contributed by atoms with van der Waals surface area (Å²) in [6.07, 6.45) is 1.54. The molecule has 0 saturated heterocycles. The molecule has 0 radical (unpaired) electrons. The Balaban J connectivity index is 3.03. The Bertz CT molecular complexity index is 495. The minimum absolute atomic E-state index is 0.0845. The van der Waals surface area contributed by atoms with Crippen LogP contribution in [-0.2, 0) is 0 Å². The van der Waals surface area contributed by atoms with E-state index in [1.54, 1.807) is 19.9 Å². The van der Waals surface area contributed by atoms with Gasteiger partial charge in [0.15, 0.2) is 0 Å². The standard InChI is InChI=1S/C13H16N2O3/c1-4-5-14-13(18)15-11-9(3)6-8(2)7-10(11)12(16)17/h4,6-7H,1,5H2,2-3H3,(H,16,17)(H2,14,15,18). The summed E-state index contributed by atoms with van der Waals surface area (Å²) in [7, 11) is 0. The molecule has 1 rings (SSSR count). The Kier molecular flexibility index (Phi) is 4.48. The molecule has 0 aliphatic heterocycles. The normalized spacial score (nSPS) is 9.67. The molecule has 3 N–H and O–H groups in total. The molecule has 1 aromatic carbocycles. The average molecular weight is 248 g/mol. The predicted octanol–water partition coefficient (Wildman–Crippen LogP) is 2.31. The number of carboxylic acids is 1. The zero-order valence-electron chi connectivity index (χ0n) is 10.4. The van der Waals surface area contributed by atoms with E-state index in [4.69, 9.17) is 5.11 Å². The van der Waals surface area contributed by atoms with E-state index in [-0.39, 0.29) is 5.56 Å². The number of carboxylic acid groups (broad SMARTS) is 1. The van der Waals surface area contributed by atoms with Gasteiger partial charge >= 0.3 is 12.0 Å². The average Bonchev–Trinajstić information content (AvgIpc) is 2.29. The molecular formula is C13H16N2O3. The summed E-state index contributed by atoms with van der Waals surface area (Å²) in [6.45, 7) is 7.36. The van der Waals surface area contributed by atoms with Gasteiger partial charge in [-0.25, -0.2) is 9.59 Å². The Morgan fingerprint density at radius 1 is 1.39 bits per heavy atom. The lowest BCUT2D eigenvalue weighted by molar-refractivity contribution is 0.0698. The van der Waals surface area contributed by atoms with Crippen molar-refractivity contribution in [3.05, 3.63) is 41.5 Å². The summed E-state index contributed by atoms with van der Waals surface area (Å²) < 4.78 is 0. The SMILES string of the molecule is C=CCNC(=O)Nc1c(C)cc(C)cc1C(=O)O. The van der Waals surface area contributed by atoms with Crippen LogP contribution in [0.3, 0.4) is 0 Å². The molecule has 2 amide bonds. The van der Waals surface area contributed by atoms with Crippen LogP contribution in [-0.4, -0.2) is 23.7 Å². The summed E-state index contributed by atoms with van der Waals surface area (Å²) in [5.41, 5.74) is 1.94. The van der Waals surface area contributed by atoms with Gasteiger partial charge in [-0.3, -0.25) is 0 Å². The van der Waals surface area contributed by atoms with Gasteiger partial charge in [0.25, 0.3) is 0 Å². The van der Waals surface area contributed by atoms with Gasteiger partial charge in [0.1, 0.15) is 0 Å². The van der Waals surface area contributed by atoms with Crippen LogP contribution in [0.5, 0.6) is 0 Å². The predicted molar refractivity (Wildman–Crippen MR) is 70.1 cm³/mol. The molecule has 0 unspecified atom stereocenters. The van der Waals surface area contributed by atoms with Crippen LogP contribution in [0.15, 0.2) is 24.8 Å². The number of aryl methyl sites for hydroxylation is 2. The van der Waals surface area contributed by atoms with Crippen LogP contribution in [0.2, 0.25) is 0 Å². The van der Waals surface area contributed by atoms with Gasteiger partial charge in [0, 0.05) is 6.54 Å². The molecule has 0 fully saturated rings. The summed E-state index contributed by atoms with van der Waals surface area (Å²) in [5.74, 6) is -1.07. The minimum Gasteiger partial charge on any atom is -0.478 e. The number of benzene rings is 1. The minimum atomic E-state index is -1.07. The zero-order valence-corrected chi connectivity index (χ0v) is 10.4. The molecule has 96 valence electrons. The molecule has 0 aliphatic carbocycles. The van der Waals surface area contributed by atoms with Crippen molar-refractivity contribution in [1.82, 2.24) is 5.32 Å². The highest BCUT2D eigenvalue weighted by Crippen LogP contribution is 2.22. The number of anilines is 1. The van der Waals surface area contributed by atoms with Crippen LogP contribution in [0.4, 0.5) is 10.5 Å². The number of hydrogen-bond acceptors (Lipinski definition) is 2. The monoisotopic (exact) mass is 248 g/mol. The summed E-state index contributed by atoms with van der Waals surface area (Å²) in [5, 5.41) is 14.2. The van der Waals surface area contributed by atoms with Crippen molar-refractivity contribution < 1.29 is 14.7 Å². The van der Waals surface area contributed by atoms with E-state index in [0.29, 0.717) is 17.8 Å². The van der Waals surface area contributed by atoms with Crippen molar-refractivity contribution in [2.75, 3.05) is 11.9 Å². The first-order valence-corrected chi connectivity index (χ1v) is 5.46. The van der Waals surface area contributed by atoms with E-state index in [1.165, 1.54) is 6.07 Å². The quantitative estimate of drug-likeness (QED) is 0.715. The molecule has 0 spiro atoms. The first-order valence-electron chi connectivity index (χ1n) is 5.46. The number of carbonyl (C=O) groups is 2. The molecular weight excluding hydrogens is 232 g/mol. The maximum Gasteiger partial charge on any atom is 0.337 e. The smallest absolute Gasteiger partial charge is 0.337 e. The highest BCUT2D eigenvalue weighted by Gasteiger charge is 2.15. The maximum absolute atomic E-state index is 11.5. The van der Waals surface area contributed by atoms with Crippen LogP contribution < -0.4 is 10.6 Å². The second kappa shape index (κ2) is 5.86. The van der Waals surface area contributed by atoms with Gasteiger partial charge in [-0.05, 0) is 31.0 Å². The number of aromatic carboxylic acids is 1. The fourth-order valence-corrected chi connectivity index (χ4v) is 1.62. The van der Waals surface area contributed by atoms with Crippen LogP contribution in [0, 0.1) is 13.8 Å². The van der Waals surface area contributed by atoms with Gasteiger partial charge in [0.05, 0.1) is 11.3 Å². The number of carbonyl (C=O) groups excluding carboxylic acids is 1. The number of hydrogen-bond donors (Lipinski definition) is 3. The Hall–Kier alpha value is -2.30. The van der Waals surface area contributed by atoms with E-state index >= 15 is 0 Å². The zero-order chi connectivity index (χ0) is 13.7. The molecule has 1 aromatic rings. The maximum atomic E-state index is 11.5. The number of nitrogens with one attached hydrogen (secondary N) is 2. The topological polar surface area (TPSA) is 78.4 Å². The Morgan fingerprint density at radius 3 is 2.61 bits per heavy atom. The molecule has 0 aliphatic rings. The van der Waals surface area contributed by atoms with Gasteiger partial charge in [-0.1, -0.05) is 12.1 Å². The van der Waals surface area contributed by atoms with E-state index in [0.717, 1.165) is 5.56 Å². The number of amides is 2. The molecule has 0 saturated carbocycles. The van der Waals surface area contributed by atoms with Crippen molar-refractivity contribution in [2.45, 2.75) is 13.8 Å². The van der Waals surface area contributed by atoms with Crippen molar-refractivity contribution >= 4 is 17.7 Å². The fraction of sp³-hybridized carbons (Fsp3) is 0.231. The molecule has 0 bridgehead atoms. The second-order valence-corrected chi connectivity index (χ2v) is 3.93. The van der Waals surface area contributed by atoms with Crippen molar-refractivity contribution in [2.24, 2.45) is 0 Å². The second-order valence-electron chi connectivity index (χ2n) is 3.93. The summed E-state index contributed by atoms with van der Waals surface area (Å²) in [6, 6.07) is 2.89. The van der Waals surface area contributed by atoms with Gasteiger partial charge in [0.2, 0.25) is 0 Å². The lowest BCUT2D eigenvalue weighted by Crippen LogP contribution is -2.29. The van der Waals surface area contributed by atoms with Crippen LogP contribution in [0.1, 0.15) is 21.5 Å². The van der Waals surface area contributed by atoms with Gasteiger partial charge in [-0.15, -0.1) is 6.58 Å². The largest absolute Gasteiger partial charge is 0.478 e. The first kappa shape index (κ1) is 13.8.